The van der Waals surface area contributed by atoms with E-state index in [1.54, 1.807) is 12.1 Å². The van der Waals surface area contributed by atoms with E-state index >= 15 is 0 Å². The van der Waals surface area contributed by atoms with Crippen LogP contribution >= 0.6 is 0 Å². The number of aryl methyl sites for hydroxylation is 1. The fourth-order valence-corrected chi connectivity index (χ4v) is 2.65. The van der Waals surface area contributed by atoms with Crippen LogP contribution in [0, 0.1) is 18.7 Å². The molecule has 1 saturated heterocycles. The maximum Gasteiger partial charge on any atom is 0.241 e. The number of aliphatic hydroxyl groups excluding tert-OH is 1. The molecule has 1 aliphatic heterocycles. The standard InChI is InChI=1S/C16H23FN2O2/c1-11-3-4-15(14(17)9-11)18-16(21)12(2)19-7-5-13(10-20)6-8-19/h3-4,9,12-13,20H,5-8,10H2,1-2H3,(H,18,21). The molecule has 1 atom stereocenters. The van der Waals surface area contributed by atoms with Crippen molar-refractivity contribution < 1.29 is 14.3 Å². The predicted octanol–water partition coefficient (Wildman–Crippen LogP) is 2.17. The number of benzene rings is 1. The molecule has 2 rings (SSSR count). The molecule has 5 heteroatoms. The van der Waals surface area contributed by atoms with Crippen LogP contribution in [0.4, 0.5) is 10.1 Å². The maximum atomic E-state index is 13.8. The minimum absolute atomic E-state index is 0.194. The summed E-state index contributed by atoms with van der Waals surface area (Å²) in [6.07, 6.45) is 1.79. The Morgan fingerprint density at radius 2 is 2.14 bits per heavy atom. The van der Waals surface area contributed by atoms with Crippen molar-refractivity contribution in [1.29, 1.82) is 0 Å². The van der Waals surface area contributed by atoms with E-state index in [9.17, 15) is 9.18 Å². The predicted molar refractivity (Wildman–Crippen MR) is 80.6 cm³/mol. The Morgan fingerprint density at radius 3 is 2.71 bits per heavy atom. The lowest BCUT2D eigenvalue weighted by Crippen LogP contribution is -2.46. The van der Waals surface area contributed by atoms with Crippen LogP contribution in [0.3, 0.4) is 0 Å². The topological polar surface area (TPSA) is 52.6 Å². The van der Waals surface area contributed by atoms with Gasteiger partial charge >= 0.3 is 0 Å². The summed E-state index contributed by atoms with van der Waals surface area (Å²) in [7, 11) is 0. The van der Waals surface area contributed by atoms with Crippen molar-refractivity contribution in [3.05, 3.63) is 29.6 Å². The van der Waals surface area contributed by atoms with Crippen LogP contribution in [-0.2, 0) is 4.79 Å². The van der Waals surface area contributed by atoms with Crippen molar-refractivity contribution in [3.63, 3.8) is 0 Å². The third-order valence-electron chi connectivity index (χ3n) is 4.22. The number of rotatable bonds is 4. The number of nitrogens with one attached hydrogen (secondary N) is 1. The molecule has 1 unspecified atom stereocenters. The van der Waals surface area contributed by atoms with Gasteiger partial charge in [-0.25, -0.2) is 4.39 Å². The monoisotopic (exact) mass is 294 g/mol. The number of nitrogens with zero attached hydrogens (tertiary/aromatic N) is 1. The Balaban J connectivity index is 1.93. The molecule has 4 nitrogen and oxygen atoms in total. The summed E-state index contributed by atoms with van der Waals surface area (Å²) in [5, 5.41) is 11.8. The molecule has 1 fully saturated rings. The van der Waals surface area contributed by atoms with Crippen LogP contribution in [0.2, 0.25) is 0 Å². The van der Waals surface area contributed by atoms with Gasteiger partial charge < -0.3 is 10.4 Å². The van der Waals surface area contributed by atoms with Gasteiger partial charge in [0.2, 0.25) is 5.91 Å². The molecule has 1 aliphatic rings. The van der Waals surface area contributed by atoms with Gasteiger partial charge in [0, 0.05) is 6.61 Å². The molecule has 1 heterocycles. The molecule has 116 valence electrons. The number of halogens is 1. The molecule has 0 radical (unpaired) electrons. The van der Waals surface area contributed by atoms with Gasteiger partial charge in [-0.05, 0) is 63.4 Å². The third kappa shape index (κ3) is 4.02. The Labute approximate surface area is 125 Å². The van der Waals surface area contributed by atoms with Crippen LogP contribution in [0.25, 0.3) is 0 Å². The maximum absolute atomic E-state index is 13.8. The average molecular weight is 294 g/mol. The molecule has 1 aromatic rings. The quantitative estimate of drug-likeness (QED) is 0.895. The van der Waals surface area contributed by atoms with Crippen molar-refractivity contribution in [2.75, 3.05) is 25.0 Å². The molecule has 2 N–H and O–H groups in total. The van der Waals surface area contributed by atoms with E-state index in [1.807, 2.05) is 13.8 Å². The van der Waals surface area contributed by atoms with E-state index in [0.29, 0.717) is 5.92 Å². The second-order valence-corrected chi connectivity index (χ2v) is 5.81. The largest absolute Gasteiger partial charge is 0.396 e. The van der Waals surface area contributed by atoms with E-state index in [2.05, 4.69) is 10.2 Å². The van der Waals surface area contributed by atoms with Crippen LogP contribution in [-0.4, -0.2) is 41.7 Å². The second kappa shape index (κ2) is 7.00. The molecule has 1 amide bonds. The van der Waals surface area contributed by atoms with Gasteiger partial charge in [-0.1, -0.05) is 6.07 Å². The SMILES string of the molecule is Cc1ccc(NC(=O)C(C)N2CCC(CO)CC2)c(F)c1. The summed E-state index contributed by atoms with van der Waals surface area (Å²) in [4.78, 5) is 14.3. The summed E-state index contributed by atoms with van der Waals surface area (Å²) < 4.78 is 13.8. The first-order valence-electron chi connectivity index (χ1n) is 7.43. The Kier molecular flexibility index (Phi) is 5.31. The number of carbonyl (C=O) groups excluding carboxylic acids is 1. The molecule has 0 saturated carbocycles. The van der Waals surface area contributed by atoms with Crippen LogP contribution in [0.1, 0.15) is 25.3 Å². The smallest absolute Gasteiger partial charge is 0.241 e. The van der Waals surface area contributed by atoms with Crippen molar-refractivity contribution in [2.45, 2.75) is 32.7 Å². The van der Waals surface area contributed by atoms with Gasteiger partial charge in [-0.2, -0.15) is 0 Å². The summed E-state index contributed by atoms with van der Waals surface area (Å²) in [6.45, 7) is 5.43. The zero-order chi connectivity index (χ0) is 15.4. The highest BCUT2D eigenvalue weighted by Crippen LogP contribution is 2.20. The number of anilines is 1. The van der Waals surface area contributed by atoms with E-state index in [4.69, 9.17) is 5.11 Å². The lowest BCUT2D eigenvalue weighted by Gasteiger charge is -2.34. The first-order valence-corrected chi connectivity index (χ1v) is 7.43. The van der Waals surface area contributed by atoms with Gasteiger partial charge in [0.15, 0.2) is 0 Å². The summed E-state index contributed by atoms with van der Waals surface area (Å²) >= 11 is 0. The number of carbonyl (C=O) groups is 1. The van der Waals surface area contributed by atoms with Crippen molar-refractivity contribution in [3.8, 4) is 0 Å². The zero-order valence-electron chi connectivity index (χ0n) is 12.6. The fourth-order valence-electron chi connectivity index (χ4n) is 2.65. The van der Waals surface area contributed by atoms with E-state index < -0.39 is 5.82 Å². The molecule has 0 aliphatic carbocycles. The lowest BCUT2D eigenvalue weighted by molar-refractivity contribution is -0.121. The molecule has 1 aromatic carbocycles. The van der Waals surface area contributed by atoms with Crippen LogP contribution in [0.5, 0.6) is 0 Å². The number of likely N-dealkylation sites (tertiary alicyclic amines) is 1. The second-order valence-electron chi connectivity index (χ2n) is 5.81. The number of aliphatic hydroxyl groups is 1. The van der Waals surface area contributed by atoms with Gasteiger partial charge in [0.05, 0.1) is 11.7 Å². The van der Waals surface area contributed by atoms with E-state index in [-0.39, 0.29) is 24.2 Å². The normalized spacial score (nSPS) is 18.5. The highest BCUT2D eigenvalue weighted by molar-refractivity contribution is 5.94. The summed E-state index contributed by atoms with van der Waals surface area (Å²) in [5.74, 6) is -0.263. The minimum atomic E-state index is -0.408. The number of hydrogen-bond donors (Lipinski definition) is 2. The minimum Gasteiger partial charge on any atom is -0.396 e. The van der Waals surface area contributed by atoms with Crippen LogP contribution in [0.15, 0.2) is 18.2 Å². The van der Waals surface area contributed by atoms with Crippen LogP contribution < -0.4 is 5.32 Å². The molecular weight excluding hydrogens is 271 g/mol. The Hall–Kier alpha value is -1.46. The zero-order valence-corrected chi connectivity index (χ0v) is 12.6. The lowest BCUT2D eigenvalue weighted by atomic mass is 9.97. The van der Waals surface area contributed by atoms with E-state index in [1.165, 1.54) is 6.07 Å². The molecule has 0 spiro atoms. The Bertz CT molecular complexity index is 499. The van der Waals surface area contributed by atoms with Crippen molar-refractivity contribution >= 4 is 11.6 Å². The van der Waals surface area contributed by atoms with Gasteiger partial charge in [0.25, 0.3) is 0 Å². The summed E-state index contributed by atoms with van der Waals surface area (Å²) in [5.41, 5.74) is 1.05. The average Bonchev–Trinajstić information content (AvgIpc) is 2.49. The first kappa shape index (κ1) is 15.9. The highest BCUT2D eigenvalue weighted by atomic mass is 19.1. The molecule has 0 aromatic heterocycles. The highest BCUT2D eigenvalue weighted by Gasteiger charge is 2.26. The third-order valence-corrected chi connectivity index (χ3v) is 4.22. The van der Waals surface area contributed by atoms with Gasteiger partial charge in [-0.15, -0.1) is 0 Å². The number of hydrogen-bond acceptors (Lipinski definition) is 3. The van der Waals surface area contributed by atoms with Crippen molar-refractivity contribution in [1.82, 2.24) is 4.90 Å². The molecule has 0 bridgehead atoms. The number of piperidine rings is 1. The molecular formula is C16H23FN2O2. The van der Waals surface area contributed by atoms with Crippen molar-refractivity contribution in [2.24, 2.45) is 5.92 Å². The van der Waals surface area contributed by atoms with Gasteiger partial charge in [-0.3, -0.25) is 9.69 Å². The van der Waals surface area contributed by atoms with E-state index in [0.717, 1.165) is 31.5 Å². The molecule has 21 heavy (non-hydrogen) atoms. The Morgan fingerprint density at radius 1 is 1.48 bits per heavy atom. The van der Waals surface area contributed by atoms with Gasteiger partial charge in [0.1, 0.15) is 5.82 Å². The first-order chi connectivity index (χ1) is 10.0. The fraction of sp³-hybridized carbons (Fsp3) is 0.562. The number of amides is 1. The summed E-state index contributed by atoms with van der Waals surface area (Å²) in [6, 6.07) is 4.47.